The van der Waals surface area contributed by atoms with Gasteiger partial charge >= 0.3 is 0 Å². The summed E-state index contributed by atoms with van der Waals surface area (Å²) in [5, 5.41) is 0. The van der Waals surface area contributed by atoms with Gasteiger partial charge in [0.05, 0.1) is 0 Å². The van der Waals surface area contributed by atoms with Gasteiger partial charge in [-0.15, -0.1) is 0 Å². The zero-order chi connectivity index (χ0) is 11.8. The molecule has 4 heteroatoms. The van der Waals surface area contributed by atoms with Gasteiger partial charge in [-0.25, -0.2) is 4.98 Å². The van der Waals surface area contributed by atoms with Crippen molar-refractivity contribution in [3.8, 4) is 0 Å². The second kappa shape index (κ2) is 3.72. The summed E-state index contributed by atoms with van der Waals surface area (Å²) in [6.45, 7) is 3.66. The summed E-state index contributed by atoms with van der Waals surface area (Å²) in [4.78, 5) is 15.9. The van der Waals surface area contributed by atoms with Gasteiger partial charge in [-0.2, -0.15) is 0 Å². The van der Waals surface area contributed by atoms with Crippen LogP contribution in [0.2, 0.25) is 0 Å². The number of hydrogen-bond donors (Lipinski definition) is 1. The molecule has 0 spiro atoms. The second-order valence-electron chi connectivity index (χ2n) is 4.62. The average Bonchev–Trinajstić information content (AvgIpc) is 2.61. The SMILES string of the molecule is CC(C)(N)CC(=O)c1ccc2ncoc2c1. The van der Waals surface area contributed by atoms with Gasteiger partial charge in [-0.3, -0.25) is 4.79 Å². The molecule has 0 saturated heterocycles. The van der Waals surface area contributed by atoms with E-state index in [-0.39, 0.29) is 5.78 Å². The van der Waals surface area contributed by atoms with E-state index in [2.05, 4.69) is 4.98 Å². The quantitative estimate of drug-likeness (QED) is 0.801. The Morgan fingerprint density at radius 1 is 1.50 bits per heavy atom. The minimum atomic E-state index is -0.493. The number of hydrogen-bond acceptors (Lipinski definition) is 4. The molecule has 1 aromatic carbocycles. The van der Waals surface area contributed by atoms with Crippen LogP contribution >= 0.6 is 0 Å². The maximum Gasteiger partial charge on any atom is 0.181 e. The Bertz CT molecular complexity index is 523. The first-order chi connectivity index (χ1) is 7.46. The number of benzene rings is 1. The highest BCUT2D eigenvalue weighted by molar-refractivity contribution is 5.99. The molecule has 1 heterocycles. The van der Waals surface area contributed by atoms with Crippen molar-refractivity contribution in [1.82, 2.24) is 4.98 Å². The lowest BCUT2D eigenvalue weighted by Gasteiger charge is -2.16. The number of fused-ring (bicyclic) bond motifs is 1. The van der Waals surface area contributed by atoms with Crippen molar-refractivity contribution in [3.63, 3.8) is 0 Å². The van der Waals surface area contributed by atoms with Crippen molar-refractivity contribution < 1.29 is 9.21 Å². The van der Waals surface area contributed by atoms with Gasteiger partial charge in [-0.1, -0.05) is 0 Å². The van der Waals surface area contributed by atoms with Gasteiger partial charge in [-0.05, 0) is 32.0 Å². The summed E-state index contributed by atoms with van der Waals surface area (Å²) in [6.07, 6.45) is 1.68. The van der Waals surface area contributed by atoms with Gasteiger partial charge in [0.25, 0.3) is 0 Å². The number of carbonyl (C=O) groups excluding carboxylic acids is 1. The largest absolute Gasteiger partial charge is 0.443 e. The molecule has 84 valence electrons. The molecule has 0 fully saturated rings. The fourth-order valence-corrected chi connectivity index (χ4v) is 1.54. The summed E-state index contributed by atoms with van der Waals surface area (Å²) in [5.41, 5.74) is 7.31. The predicted molar refractivity (Wildman–Crippen MR) is 61.2 cm³/mol. The molecule has 0 aliphatic rings. The van der Waals surface area contributed by atoms with Crippen LogP contribution in [0.4, 0.5) is 0 Å². The lowest BCUT2D eigenvalue weighted by molar-refractivity contribution is 0.0960. The first-order valence-corrected chi connectivity index (χ1v) is 5.11. The molecular weight excluding hydrogens is 204 g/mol. The van der Waals surface area contributed by atoms with E-state index in [0.29, 0.717) is 17.6 Å². The molecule has 0 aliphatic heterocycles. The third-order valence-electron chi connectivity index (χ3n) is 2.27. The van der Waals surface area contributed by atoms with Crippen molar-refractivity contribution in [2.75, 3.05) is 0 Å². The normalized spacial score (nSPS) is 11.9. The molecule has 0 amide bonds. The van der Waals surface area contributed by atoms with E-state index in [0.717, 1.165) is 5.52 Å². The van der Waals surface area contributed by atoms with Crippen LogP contribution in [-0.4, -0.2) is 16.3 Å². The first kappa shape index (κ1) is 10.8. The molecule has 1 aromatic heterocycles. The Balaban J connectivity index is 2.29. The molecule has 0 bridgehead atoms. The molecule has 2 N–H and O–H groups in total. The average molecular weight is 218 g/mol. The maximum absolute atomic E-state index is 11.9. The number of nitrogens with two attached hydrogens (primary N) is 1. The first-order valence-electron chi connectivity index (χ1n) is 5.11. The number of aromatic nitrogens is 1. The van der Waals surface area contributed by atoms with Gasteiger partial charge in [0.15, 0.2) is 17.8 Å². The van der Waals surface area contributed by atoms with Gasteiger partial charge in [0.2, 0.25) is 0 Å². The van der Waals surface area contributed by atoms with Crippen molar-refractivity contribution in [1.29, 1.82) is 0 Å². The minimum Gasteiger partial charge on any atom is -0.443 e. The molecule has 0 unspecified atom stereocenters. The number of oxazole rings is 1. The van der Waals surface area contributed by atoms with Crippen molar-refractivity contribution in [2.24, 2.45) is 5.73 Å². The van der Waals surface area contributed by atoms with Crippen molar-refractivity contribution in [3.05, 3.63) is 30.2 Å². The third kappa shape index (κ3) is 2.28. The molecule has 2 aromatic rings. The molecule has 0 radical (unpaired) electrons. The number of Topliss-reactive ketones (excluding diaryl/α,β-unsaturated/α-hetero) is 1. The van der Waals surface area contributed by atoms with Crippen LogP contribution in [0.5, 0.6) is 0 Å². The molecule has 2 rings (SSSR count). The second-order valence-corrected chi connectivity index (χ2v) is 4.62. The van der Waals surface area contributed by atoms with E-state index in [1.807, 2.05) is 13.8 Å². The molecular formula is C12H14N2O2. The zero-order valence-electron chi connectivity index (χ0n) is 9.36. The van der Waals surface area contributed by atoms with Crippen LogP contribution in [0.1, 0.15) is 30.6 Å². The van der Waals surface area contributed by atoms with Crippen LogP contribution in [0.25, 0.3) is 11.1 Å². The predicted octanol–water partition coefficient (Wildman–Crippen LogP) is 2.14. The number of ketones is 1. The molecule has 4 nitrogen and oxygen atoms in total. The molecule has 16 heavy (non-hydrogen) atoms. The minimum absolute atomic E-state index is 0.0193. The van der Waals surface area contributed by atoms with E-state index < -0.39 is 5.54 Å². The number of rotatable bonds is 3. The number of carbonyl (C=O) groups is 1. The van der Waals surface area contributed by atoms with Crippen LogP contribution in [0.3, 0.4) is 0 Å². The van der Waals surface area contributed by atoms with Crippen molar-refractivity contribution in [2.45, 2.75) is 25.8 Å². The maximum atomic E-state index is 11.9. The highest BCUT2D eigenvalue weighted by atomic mass is 16.3. The number of nitrogens with zero attached hydrogens (tertiary/aromatic N) is 1. The van der Waals surface area contributed by atoms with E-state index in [4.69, 9.17) is 10.2 Å². The Hall–Kier alpha value is -1.68. The van der Waals surface area contributed by atoms with Crippen LogP contribution in [0, 0.1) is 0 Å². The summed E-state index contributed by atoms with van der Waals surface area (Å²) in [6, 6.07) is 5.23. The Morgan fingerprint density at radius 2 is 2.25 bits per heavy atom. The van der Waals surface area contributed by atoms with Crippen LogP contribution in [-0.2, 0) is 0 Å². The Kier molecular flexibility index (Phi) is 2.52. The van der Waals surface area contributed by atoms with Gasteiger partial charge < -0.3 is 10.2 Å². The van der Waals surface area contributed by atoms with Crippen molar-refractivity contribution >= 4 is 16.9 Å². The van der Waals surface area contributed by atoms with Crippen LogP contribution < -0.4 is 5.73 Å². The van der Waals surface area contributed by atoms with Gasteiger partial charge in [0.1, 0.15) is 5.52 Å². The smallest absolute Gasteiger partial charge is 0.181 e. The summed E-state index contributed by atoms with van der Waals surface area (Å²) in [5.74, 6) is 0.0193. The highest BCUT2D eigenvalue weighted by Gasteiger charge is 2.18. The summed E-state index contributed by atoms with van der Waals surface area (Å²) >= 11 is 0. The summed E-state index contributed by atoms with van der Waals surface area (Å²) < 4.78 is 5.14. The fourth-order valence-electron chi connectivity index (χ4n) is 1.54. The molecule has 0 atom stereocenters. The van der Waals surface area contributed by atoms with E-state index in [9.17, 15) is 4.79 Å². The van der Waals surface area contributed by atoms with Gasteiger partial charge in [0, 0.05) is 17.5 Å². The standard InChI is InChI=1S/C12H14N2O2/c1-12(2,13)6-10(15)8-3-4-9-11(5-8)16-7-14-9/h3-5,7H,6,13H2,1-2H3. The third-order valence-corrected chi connectivity index (χ3v) is 2.27. The lowest BCUT2D eigenvalue weighted by atomic mass is 9.95. The van der Waals surface area contributed by atoms with Crippen LogP contribution in [0.15, 0.2) is 29.0 Å². The van der Waals surface area contributed by atoms with E-state index in [1.165, 1.54) is 6.39 Å². The highest BCUT2D eigenvalue weighted by Crippen LogP contribution is 2.17. The fraction of sp³-hybridized carbons (Fsp3) is 0.333. The Morgan fingerprint density at radius 3 is 2.94 bits per heavy atom. The summed E-state index contributed by atoms with van der Waals surface area (Å²) in [7, 11) is 0. The Labute approximate surface area is 93.5 Å². The molecule has 0 saturated carbocycles. The topological polar surface area (TPSA) is 69.1 Å². The van der Waals surface area contributed by atoms with E-state index in [1.54, 1.807) is 18.2 Å². The lowest BCUT2D eigenvalue weighted by Crippen LogP contribution is -2.34. The van der Waals surface area contributed by atoms with E-state index >= 15 is 0 Å². The monoisotopic (exact) mass is 218 g/mol. The zero-order valence-corrected chi connectivity index (χ0v) is 9.36. The molecule has 0 aliphatic carbocycles.